The van der Waals surface area contributed by atoms with Crippen LogP contribution in [0, 0.1) is 5.92 Å². The van der Waals surface area contributed by atoms with Crippen molar-refractivity contribution < 1.29 is 14.3 Å². The number of para-hydroxylation sites is 1. The number of hydrogen-bond acceptors (Lipinski definition) is 3. The molecule has 2 rings (SSSR count). The number of furan rings is 1. The van der Waals surface area contributed by atoms with E-state index in [2.05, 4.69) is 6.92 Å². The van der Waals surface area contributed by atoms with Crippen LogP contribution < -0.4 is 0 Å². The lowest BCUT2D eigenvalue weighted by Crippen LogP contribution is -2.08. The summed E-state index contributed by atoms with van der Waals surface area (Å²) in [6, 6.07) is 9.67. The van der Waals surface area contributed by atoms with Gasteiger partial charge in [0, 0.05) is 19.1 Å². The second-order valence-electron chi connectivity index (χ2n) is 4.50. The minimum Gasteiger partial charge on any atom is -0.458 e. The molecular weight excluding hydrogens is 216 g/mol. The second kappa shape index (κ2) is 5.34. The van der Waals surface area contributed by atoms with Gasteiger partial charge in [0.2, 0.25) is 0 Å². The predicted octanol–water partition coefficient (Wildman–Crippen LogP) is 3.14. The number of ether oxygens (including phenoxy) is 1. The van der Waals surface area contributed by atoms with E-state index in [0.717, 1.165) is 11.0 Å². The Morgan fingerprint density at radius 3 is 2.82 bits per heavy atom. The van der Waals surface area contributed by atoms with Crippen LogP contribution in [0.3, 0.4) is 0 Å². The average molecular weight is 234 g/mol. The Hall–Kier alpha value is -1.32. The first-order valence-corrected chi connectivity index (χ1v) is 5.86. The summed E-state index contributed by atoms with van der Waals surface area (Å²) < 4.78 is 10.7. The minimum absolute atomic E-state index is 0.309. The lowest BCUT2D eigenvalue weighted by Gasteiger charge is -2.13. The maximum absolute atomic E-state index is 10.1. The molecule has 0 fully saturated rings. The second-order valence-corrected chi connectivity index (χ2v) is 4.50. The molecule has 0 aliphatic carbocycles. The fraction of sp³-hybridized carbons (Fsp3) is 0.429. The van der Waals surface area contributed by atoms with Gasteiger partial charge in [-0.2, -0.15) is 0 Å². The Morgan fingerprint density at radius 1 is 1.35 bits per heavy atom. The maximum Gasteiger partial charge on any atom is 0.134 e. The first-order valence-electron chi connectivity index (χ1n) is 5.86. The molecule has 1 aromatic heterocycles. The van der Waals surface area contributed by atoms with Crippen molar-refractivity contribution in [3.05, 3.63) is 36.1 Å². The highest BCUT2D eigenvalue weighted by atomic mass is 16.5. The van der Waals surface area contributed by atoms with E-state index < -0.39 is 6.10 Å². The zero-order valence-corrected chi connectivity index (χ0v) is 10.2. The summed E-state index contributed by atoms with van der Waals surface area (Å²) >= 11 is 0. The van der Waals surface area contributed by atoms with Crippen molar-refractivity contribution in [3.8, 4) is 0 Å². The SMILES string of the molecule is COCC(C)CC(O)c1cc2ccccc2o1. The molecule has 3 heteroatoms. The molecule has 0 radical (unpaired) electrons. The van der Waals surface area contributed by atoms with E-state index in [1.165, 1.54) is 0 Å². The van der Waals surface area contributed by atoms with Crippen molar-refractivity contribution in [1.29, 1.82) is 0 Å². The zero-order chi connectivity index (χ0) is 12.3. The predicted molar refractivity (Wildman–Crippen MR) is 66.8 cm³/mol. The molecule has 2 unspecified atom stereocenters. The van der Waals surface area contributed by atoms with E-state index in [0.29, 0.717) is 24.7 Å². The molecule has 0 saturated heterocycles. The van der Waals surface area contributed by atoms with Crippen LogP contribution in [-0.4, -0.2) is 18.8 Å². The minimum atomic E-state index is -0.562. The third kappa shape index (κ3) is 2.87. The van der Waals surface area contributed by atoms with Crippen molar-refractivity contribution in [2.24, 2.45) is 5.92 Å². The Kier molecular flexibility index (Phi) is 3.82. The number of benzene rings is 1. The topological polar surface area (TPSA) is 42.6 Å². The normalized spacial score (nSPS) is 15.0. The first-order chi connectivity index (χ1) is 8.20. The molecule has 0 spiro atoms. The molecular formula is C14H18O3. The van der Waals surface area contributed by atoms with Gasteiger partial charge in [-0.15, -0.1) is 0 Å². The number of methoxy groups -OCH3 is 1. The molecule has 0 aliphatic heterocycles. The lowest BCUT2D eigenvalue weighted by atomic mass is 10.0. The van der Waals surface area contributed by atoms with Crippen LogP contribution in [0.25, 0.3) is 11.0 Å². The van der Waals surface area contributed by atoms with Crippen LogP contribution in [0.2, 0.25) is 0 Å². The summed E-state index contributed by atoms with van der Waals surface area (Å²) in [5, 5.41) is 11.1. The summed E-state index contributed by atoms with van der Waals surface area (Å²) in [7, 11) is 1.67. The number of aliphatic hydroxyl groups excluding tert-OH is 1. The van der Waals surface area contributed by atoms with E-state index >= 15 is 0 Å². The highest BCUT2D eigenvalue weighted by molar-refractivity contribution is 5.77. The summed E-state index contributed by atoms with van der Waals surface area (Å²) in [5.41, 5.74) is 0.820. The van der Waals surface area contributed by atoms with Crippen molar-refractivity contribution in [2.75, 3.05) is 13.7 Å². The van der Waals surface area contributed by atoms with Gasteiger partial charge in [0.05, 0.1) is 0 Å². The lowest BCUT2D eigenvalue weighted by molar-refractivity contribution is 0.0896. The van der Waals surface area contributed by atoms with E-state index in [1.807, 2.05) is 30.3 Å². The zero-order valence-electron chi connectivity index (χ0n) is 10.2. The van der Waals surface area contributed by atoms with Gasteiger partial charge in [-0.25, -0.2) is 0 Å². The van der Waals surface area contributed by atoms with E-state index in [4.69, 9.17) is 9.15 Å². The summed E-state index contributed by atoms with van der Waals surface area (Å²) in [5.74, 6) is 0.942. The van der Waals surface area contributed by atoms with Crippen molar-refractivity contribution in [1.82, 2.24) is 0 Å². The molecule has 2 atom stereocenters. The third-order valence-corrected chi connectivity index (χ3v) is 2.85. The van der Waals surface area contributed by atoms with Gasteiger partial charge in [0.25, 0.3) is 0 Å². The summed E-state index contributed by atoms with van der Waals surface area (Å²) in [6.07, 6.45) is 0.0840. The summed E-state index contributed by atoms with van der Waals surface area (Å²) in [6.45, 7) is 2.70. The van der Waals surface area contributed by atoms with Gasteiger partial charge in [0.1, 0.15) is 17.4 Å². The quantitative estimate of drug-likeness (QED) is 0.864. The fourth-order valence-corrected chi connectivity index (χ4v) is 2.02. The average Bonchev–Trinajstić information content (AvgIpc) is 2.72. The van der Waals surface area contributed by atoms with Gasteiger partial charge >= 0.3 is 0 Å². The fourth-order valence-electron chi connectivity index (χ4n) is 2.02. The van der Waals surface area contributed by atoms with Crippen molar-refractivity contribution in [3.63, 3.8) is 0 Å². The molecule has 2 aromatic rings. The molecule has 1 aromatic carbocycles. The van der Waals surface area contributed by atoms with Crippen LogP contribution in [0.15, 0.2) is 34.7 Å². The Morgan fingerprint density at radius 2 is 2.12 bits per heavy atom. The Bertz CT molecular complexity index is 442. The molecule has 3 nitrogen and oxygen atoms in total. The molecule has 0 amide bonds. The van der Waals surface area contributed by atoms with Crippen LogP contribution in [-0.2, 0) is 4.74 Å². The third-order valence-electron chi connectivity index (χ3n) is 2.85. The van der Waals surface area contributed by atoms with Gasteiger partial charge in [0.15, 0.2) is 0 Å². The van der Waals surface area contributed by atoms with Crippen molar-refractivity contribution in [2.45, 2.75) is 19.4 Å². The molecule has 1 heterocycles. The molecule has 0 aliphatic rings. The molecule has 0 saturated carbocycles. The van der Waals surface area contributed by atoms with Crippen molar-refractivity contribution >= 4 is 11.0 Å². The number of aliphatic hydroxyl groups is 1. The van der Waals surface area contributed by atoms with Crippen LogP contribution in [0.4, 0.5) is 0 Å². The van der Waals surface area contributed by atoms with Crippen LogP contribution in [0.1, 0.15) is 25.2 Å². The maximum atomic E-state index is 10.1. The number of hydrogen-bond donors (Lipinski definition) is 1. The van der Waals surface area contributed by atoms with E-state index in [-0.39, 0.29) is 0 Å². The number of rotatable bonds is 5. The summed E-state index contributed by atoms with van der Waals surface area (Å²) in [4.78, 5) is 0. The standard InChI is InChI=1S/C14H18O3/c1-10(9-16-2)7-12(15)14-8-11-5-3-4-6-13(11)17-14/h3-6,8,10,12,15H,7,9H2,1-2H3. The largest absolute Gasteiger partial charge is 0.458 e. The van der Waals surface area contributed by atoms with E-state index in [1.54, 1.807) is 7.11 Å². The van der Waals surface area contributed by atoms with Gasteiger partial charge in [-0.1, -0.05) is 25.1 Å². The van der Waals surface area contributed by atoms with Gasteiger partial charge < -0.3 is 14.3 Å². The van der Waals surface area contributed by atoms with Crippen LogP contribution in [0.5, 0.6) is 0 Å². The Labute approximate surface area is 101 Å². The highest BCUT2D eigenvalue weighted by Crippen LogP contribution is 2.27. The van der Waals surface area contributed by atoms with E-state index in [9.17, 15) is 5.11 Å². The van der Waals surface area contributed by atoms with Crippen LogP contribution >= 0.6 is 0 Å². The monoisotopic (exact) mass is 234 g/mol. The smallest absolute Gasteiger partial charge is 0.134 e. The molecule has 0 bridgehead atoms. The highest BCUT2D eigenvalue weighted by Gasteiger charge is 2.16. The molecule has 1 N–H and O–H groups in total. The van der Waals surface area contributed by atoms with Gasteiger partial charge in [-0.05, 0) is 24.5 Å². The Balaban J connectivity index is 2.10. The molecule has 17 heavy (non-hydrogen) atoms. The number of fused-ring (bicyclic) bond motifs is 1. The molecule has 92 valence electrons. The first kappa shape index (κ1) is 12.1. The van der Waals surface area contributed by atoms with Gasteiger partial charge in [-0.3, -0.25) is 0 Å².